The van der Waals surface area contributed by atoms with Crippen LogP contribution in [0.1, 0.15) is 35.3 Å². The highest BCUT2D eigenvalue weighted by Gasteiger charge is 2.46. The Bertz CT molecular complexity index is 763. The van der Waals surface area contributed by atoms with Gasteiger partial charge in [0.15, 0.2) is 11.5 Å². The maximum atomic E-state index is 12.4. The highest BCUT2D eigenvalue weighted by atomic mass is 16.5. The second kappa shape index (κ2) is 4.07. The van der Waals surface area contributed by atoms with Gasteiger partial charge in [-0.05, 0) is 55.7 Å². The fraction of sp³-hybridized carbons (Fsp3) is 0.294. The first-order valence-corrected chi connectivity index (χ1v) is 6.73. The number of aliphatic hydroxyl groups excluding tert-OH is 1. The summed E-state index contributed by atoms with van der Waals surface area (Å²) in [5.74, 6) is -0.223. The summed E-state index contributed by atoms with van der Waals surface area (Å²) in [4.78, 5) is 24.6. The van der Waals surface area contributed by atoms with E-state index in [2.05, 4.69) is 0 Å². The van der Waals surface area contributed by atoms with E-state index in [-0.39, 0.29) is 11.5 Å². The second-order valence-electron chi connectivity index (χ2n) is 5.97. The molecule has 0 aromatic heterocycles. The molecule has 108 valence electrons. The molecule has 0 spiro atoms. The first-order chi connectivity index (χ1) is 9.78. The van der Waals surface area contributed by atoms with Crippen molar-refractivity contribution in [3.05, 3.63) is 46.2 Å². The van der Waals surface area contributed by atoms with Crippen molar-refractivity contribution in [3.63, 3.8) is 0 Å². The molecule has 2 aliphatic carbocycles. The van der Waals surface area contributed by atoms with Crippen LogP contribution in [0.4, 0.5) is 0 Å². The smallest absolute Gasteiger partial charge is 0.228 e. The minimum absolute atomic E-state index is 0.112. The lowest BCUT2D eigenvalue weighted by Crippen LogP contribution is -2.25. The minimum Gasteiger partial charge on any atom is -0.504 e. The molecular weight excluding hydrogens is 268 g/mol. The van der Waals surface area contributed by atoms with Crippen LogP contribution in [-0.4, -0.2) is 23.8 Å². The number of aryl methyl sites for hydroxylation is 1. The molecule has 0 bridgehead atoms. The number of allylic oxidation sites excluding steroid dienone is 4. The van der Waals surface area contributed by atoms with Gasteiger partial charge in [-0.2, -0.15) is 0 Å². The Labute approximate surface area is 122 Å². The maximum absolute atomic E-state index is 12.4. The Kier molecular flexibility index (Phi) is 2.64. The van der Waals surface area contributed by atoms with Gasteiger partial charge in [-0.25, -0.2) is 0 Å². The summed E-state index contributed by atoms with van der Waals surface area (Å²) in [5, 5.41) is 10.3. The van der Waals surface area contributed by atoms with Crippen LogP contribution in [0, 0.1) is 12.3 Å². The largest absolute Gasteiger partial charge is 0.504 e. The lowest BCUT2D eigenvalue weighted by molar-refractivity contribution is -0.119. The quantitative estimate of drug-likeness (QED) is 0.861. The average Bonchev–Trinajstić information content (AvgIpc) is 2.66. The van der Waals surface area contributed by atoms with Gasteiger partial charge in [-0.1, -0.05) is 0 Å². The zero-order chi connectivity index (χ0) is 15.5. The summed E-state index contributed by atoms with van der Waals surface area (Å²) in [6.45, 7) is 5.27. The number of hydrogen-bond acceptors (Lipinski definition) is 4. The monoisotopic (exact) mass is 284 g/mol. The third kappa shape index (κ3) is 1.62. The molecule has 0 fully saturated rings. The number of methoxy groups -OCH3 is 1. The number of fused-ring (bicyclic) bond motifs is 3. The number of ketones is 2. The van der Waals surface area contributed by atoms with Gasteiger partial charge in [-0.3, -0.25) is 9.59 Å². The Hall–Kier alpha value is -2.36. The molecule has 0 aliphatic heterocycles. The van der Waals surface area contributed by atoms with Crippen LogP contribution in [0.15, 0.2) is 29.5 Å². The van der Waals surface area contributed by atoms with Gasteiger partial charge in [0, 0.05) is 11.1 Å². The van der Waals surface area contributed by atoms with Gasteiger partial charge in [0.05, 0.1) is 12.5 Å². The van der Waals surface area contributed by atoms with E-state index in [0.29, 0.717) is 28.0 Å². The predicted octanol–water partition coefficient (Wildman–Crippen LogP) is 3.00. The first-order valence-electron chi connectivity index (χ1n) is 6.73. The molecule has 2 aliphatic rings. The van der Waals surface area contributed by atoms with Gasteiger partial charge in [0.1, 0.15) is 5.75 Å². The molecule has 4 heteroatoms. The molecule has 1 N–H and O–H groups in total. The summed E-state index contributed by atoms with van der Waals surface area (Å²) >= 11 is 0. The van der Waals surface area contributed by atoms with Gasteiger partial charge in [0.25, 0.3) is 0 Å². The Morgan fingerprint density at radius 2 is 1.81 bits per heavy atom. The highest BCUT2D eigenvalue weighted by molar-refractivity contribution is 6.23. The van der Waals surface area contributed by atoms with E-state index in [9.17, 15) is 14.7 Å². The fourth-order valence-electron chi connectivity index (χ4n) is 3.04. The van der Waals surface area contributed by atoms with Crippen molar-refractivity contribution < 1.29 is 19.4 Å². The van der Waals surface area contributed by atoms with Gasteiger partial charge < -0.3 is 9.84 Å². The number of benzene rings is 1. The number of carbonyl (C=O) groups is 2. The molecule has 1 aromatic carbocycles. The maximum Gasteiger partial charge on any atom is 0.228 e. The van der Waals surface area contributed by atoms with E-state index in [4.69, 9.17) is 4.74 Å². The molecule has 0 saturated heterocycles. The van der Waals surface area contributed by atoms with E-state index in [1.54, 1.807) is 33.1 Å². The summed E-state index contributed by atoms with van der Waals surface area (Å²) in [5.41, 5.74) is 2.02. The van der Waals surface area contributed by atoms with Crippen LogP contribution >= 0.6 is 0 Å². The number of aliphatic hydroxyl groups is 1. The Morgan fingerprint density at radius 3 is 2.43 bits per heavy atom. The molecular formula is C17H16O4. The molecule has 0 radical (unpaired) electrons. The SMILES string of the molecule is COc1cc2c(cc1C)C(=O)C(O)=C1C2=CC(=O)C1(C)C. The van der Waals surface area contributed by atoms with Crippen LogP contribution in [-0.2, 0) is 4.79 Å². The van der Waals surface area contributed by atoms with Crippen molar-refractivity contribution in [2.75, 3.05) is 7.11 Å². The lowest BCUT2D eigenvalue weighted by atomic mass is 9.76. The summed E-state index contributed by atoms with van der Waals surface area (Å²) < 4.78 is 5.30. The predicted molar refractivity (Wildman–Crippen MR) is 78.5 cm³/mol. The number of ether oxygens (including phenoxy) is 1. The van der Waals surface area contributed by atoms with Gasteiger partial charge >= 0.3 is 0 Å². The van der Waals surface area contributed by atoms with Crippen LogP contribution < -0.4 is 4.74 Å². The number of Topliss-reactive ketones (excluding diaryl/α,β-unsaturated/α-hetero) is 1. The molecule has 0 amide bonds. The van der Waals surface area contributed by atoms with Crippen molar-refractivity contribution in [3.8, 4) is 5.75 Å². The molecule has 0 unspecified atom stereocenters. The lowest BCUT2D eigenvalue weighted by Gasteiger charge is -2.26. The molecule has 0 atom stereocenters. The Balaban J connectivity index is 2.35. The average molecular weight is 284 g/mol. The standard InChI is InChI=1S/C17H16O4/c1-8-5-11-9(6-12(8)21-4)10-7-13(18)17(2,3)14(10)16(20)15(11)19/h5-7,20H,1-4H3. The van der Waals surface area contributed by atoms with Crippen LogP contribution in [0.3, 0.4) is 0 Å². The second-order valence-corrected chi connectivity index (χ2v) is 5.97. The third-order valence-corrected chi connectivity index (χ3v) is 4.31. The van der Waals surface area contributed by atoms with Crippen molar-refractivity contribution in [2.24, 2.45) is 5.41 Å². The van der Waals surface area contributed by atoms with Gasteiger partial charge in [0.2, 0.25) is 5.78 Å². The van der Waals surface area contributed by atoms with Gasteiger partial charge in [-0.15, -0.1) is 0 Å². The summed E-state index contributed by atoms with van der Waals surface area (Å²) in [7, 11) is 1.56. The van der Waals surface area contributed by atoms with E-state index in [0.717, 1.165) is 5.56 Å². The van der Waals surface area contributed by atoms with Crippen molar-refractivity contribution >= 4 is 17.1 Å². The molecule has 4 nitrogen and oxygen atoms in total. The zero-order valence-corrected chi connectivity index (χ0v) is 12.4. The normalized spacial score (nSPS) is 19.3. The summed E-state index contributed by atoms with van der Waals surface area (Å²) in [6.07, 6.45) is 1.51. The van der Waals surface area contributed by atoms with E-state index in [1.165, 1.54) is 6.08 Å². The van der Waals surface area contributed by atoms with Crippen LogP contribution in [0.2, 0.25) is 0 Å². The third-order valence-electron chi connectivity index (χ3n) is 4.31. The fourth-order valence-corrected chi connectivity index (χ4v) is 3.04. The van der Waals surface area contributed by atoms with E-state index >= 15 is 0 Å². The van der Waals surface area contributed by atoms with E-state index in [1.807, 2.05) is 6.92 Å². The molecule has 0 heterocycles. The molecule has 1 aromatic rings. The van der Waals surface area contributed by atoms with Crippen LogP contribution in [0.25, 0.3) is 5.57 Å². The van der Waals surface area contributed by atoms with E-state index < -0.39 is 11.2 Å². The number of hydrogen-bond donors (Lipinski definition) is 1. The minimum atomic E-state index is -0.884. The van der Waals surface area contributed by atoms with Crippen molar-refractivity contribution in [2.45, 2.75) is 20.8 Å². The molecule has 21 heavy (non-hydrogen) atoms. The Morgan fingerprint density at radius 1 is 1.14 bits per heavy atom. The number of carbonyl (C=O) groups excluding carboxylic acids is 2. The summed E-state index contributed by atoms with van der Waals surface area (Å²) in [6, 6.07) is 3.45. The topological polar surface area (TPSA) is 63.6 Å². The van der Waals surface area contributed by atoms with Crippen molar-refractivity contribution in [1.82, 2.24) is 0 Å². The van der Waals surface area contributed by atoms with Crippen LogP contribution in [0.5, 0.6) is 5.75 Å². The molecule has 3 rings (SSSR count). The number of rotatable bonds is 1. The molecule has 0 saturated carbocycles. The first kappa shape index (κ1) is 13.6. The van der Waals surface area contributed by atoms with Crippen molar-refractivity contribution in [1.29, 1.82) is 0 Å². The highest BCUT2D eigenvalue weighted by Crippen LogP contribution is 2.50. The zero-order valence-electron chi connectivity index (χ0n) is 12.4.